The van der Waals surface area contributed by atoms with Crippen LogP contribution in [0.2, 0.25) is 0 Å². The highest BCUT2D eigenvalue weighted by molar-refractivity contribution is 9.13. The van der Waals surface area contributed by atoms with E-state index in [0.717, 1.165) is 8.26 Å². The lowest BCUT2D eigenvalue weighted by molar-refractivity contribution is -0.122. The third kappa shape index (κ3) is 4.37. The molecule has 2 amide bonds. The maximum absolute atomic E-state index is 12.0. The first-order valence-electron chi connectivity index (χ1n) is 5.31. The van der Waals surface area contributed by atoms with Crippen LogP contribution in [0.4, 0.5) is 0 Å². The predicted octanol–water partition coefficient (Wildman–Crippen LogP) is 2.87. The van der Waals surface area contributed by atoms with Crippen molar-refractivity contribution in [2.24, 2.45) is 0 Å². The molecule has 1 aromatic rings. The van der Waals surface area contributed by atoms with Gasteiger partial charge >= 0.3 is 0 Å². The molecule has 0 saturated carbocycles. The van der Waals surface area contributed by atoms with Crippen LogP contribution in [0.5, 0.6) is 0 Å². The van der Waals surface area contributed by atoms with Crippen LogP contribution in [0, 0.1) is 0 Å². The van der Waals surface area contributed by atoms with Crippen LogP contribution in [-0.4, -0.2) is 36.3 Å². The van der Waals surface area contributed by atoms with Crippen molar-refractivity contribution in [2.45, 2.75) is 19.9 Å². The van der Waals surface area contributed by atoms with Crippen molar-refractivity contribution in [3.05, 3.63) is 19.2 Å². The molecule has 1 aromatic heterocycles. The highest BCUT2D eigenvalue weighted by atomic mass is 79.9. The van der Waals surface area contributed by atoms with Gasteiger partial charge in [0.25, 0.3) is 5.91 Å². The van der Waals surface area contributed by atoms with E-state index in [9.17, 15) is 9.59 Å². The average molecular weight is 398 g/mol. The summed E-state index contributed by atoms with van der Waals surface area (Å²) < 4.78 is 1.71. The van der Waals surface area contributed by atoms with Crippen LogP contribution < -0.4 is 5.32 Å². The maximum atomic E-state index is 12.0. The van der Waals surface area contributed by atoms with Crippen LogP contribution in [0.15, 0.2) is 14.3 Å². The van der Waals surface area contributed by atoms with Gasteiger partial charge in [-0.15, -0.1) is 11.3 Å². The molecule has 100 valence electrons. The smallest absolute Gasteiger partial charge is 0.264 e. The Bertz CT molecular complexity index is 440. The van der Waals surface area contributed by atoms with Crippen molar-refractivity contribution in [1.29, 1.82) is 0 Å². The normalized spacial score (nSPS) is 10.6. The number of hydrogen-bond acceptors (Lipinski definition) is 3. The van der Waals surface area contributed by atoms with E-state index in [4.69, 9.17) is 0 Å². The number of hydrogen-bond donors (Lipinski definition) is 1. The zero-order valence-corrected chi connectivity index (χ0v) is 14.3. The van der Waals surface area contributed by atoms with Crippen molar-refractivity contribution in [1.82, 2.24) is 10.2 Å². The third-order valence-corrected chi connectivity index (χ3v) is 5.28. The molecular formula is C11H14Br2N2O2S. The van der Waals surface area contributed by atoms with Gasteiger partial charge in [-0.3, -0.25) is 9.59 Å². The van der Waals surface area contributed by atoms with Gasteiger partial charge in [-0.25, -0.2) is 0 Å². The molecule has 0 radical (unpaired) electrons. The molecule has 1 heterocycles. The molecule has 1 rings (SSSR count). The summed E-state index contributed by atoms with van der Waals surface area (Å²) in [6.45, 7) is 3.82. The number of thiophene rings is 1. The fourth-order valence-electron chi connectivity index (χ4n) is 1.29. The second-order valence-electron chi connectivity index (χ2n) is 4.12. The van der Waals surface area contributed by atoms with Crippen molar-refractivity contribution in [3.8, 4) is 0 Å². The average Bonchev–Trinajstić information content (AvgIpc) is 2.56. The number of halogens is 2. The molecule has 0 fully saturated rings. The van der Waals surface area contributed by atoms with Crippen LogP contribution in [-0.2, 0) is 4.79 Å². The Kier molecular flexibility index (Phi) is 5.81. The molecule has 0 atom stereocenters. The van der Waals surface area contributed by atoms with E-state index in [1.807, 2.05) is 13.8 Å². The Hall–Kier alpha value is -0.400. The van der Waals surface area contributed by atoms with E-state index in [1.54, 1.807) is 13.1 Å². The largest absolute Gasteiger partial charge is 0.352 e. The van der Waals surface area contributed by atoms with Gasteiger partial charge in [0.15, 0.2) is 0 Å². The second kappa shape index (κ2) is 6.68. The van der Waals surface area contributed by atoms with Gasteiger partial charge in [0.2, 0.25) is 5.91 Å². The summed E-state index contributed by atoms with van der Waals surface area (Å²) in [7, 11) is 1.61. The third-order valence-electron chi connectivity index (χ3n) is 2.03. The molecule has 0 spiro atoms. The molecule has 0 aliphatic rings. The molecule has 0 saturated heterocycles. The summed E-state index contributed by atoms with van der Waals surface area (Å²) in [4.78, 5) is 25.6. The lowest BCUT2D eigenvalue weighted by Gasteiger charge is -2.17. The summed E-state index contributed by atoms with van der Waals surface area (Å²) in [6.07, 6.45) is 0. The molecule has 7 heteroatoms. The van der Waals surface area contributed by atoms with E-state index in [1.165, 1.54) is 16.2 Å². The first-order valence-corrected chi connectivity index (χ1v) is 7.71. The standard InChI is InChI=1S/C11H14Br2N2O2S/c1-6(2)14-9(16)5-15(3)11(17)8-4-7(12)10(13)18-8/h4,6H,5H2,1-3H3,(H,14,16). The molecule has 18 heavy (non-hydrogen) atoms. The van der Waals surface area contributed by atoms with Crippen molar-refractivity contribution in [2.75, 3.05) is 13.6 Å². The van der Waals surface area contributed by atoms with E-state index < -0.39 is 0 Å². The van der Waals surface area contributed by atoms with Crippen LogP contribution in [0.3, 0.4) is 0 Å². The summed E-state index contributed by atoms with van der Waals surface area (Å²) in [5, 5.41) is 2.75. The second-order valence-corrected chi connectivity index (χ2v) is 7.34. The Morgan fingerprint density at radius 3 is 2.50 bits per heavy atom. The van der Waals surface area contributed by atoms with Crippen molar-refractivity contribution in [3.63, 3.8) is 0 Å². The van der Waals surface area contributed by atoms with Crippen LogP contribution in [0.25, 0.3) is 0 Å². The van der Waals surface area contributed by atoms with Gasteiger partial charge < -0.3 is 10.2 Å². The maximum Gasteiger partial charge on any atom is 0.264 e. The van der Waals surface area contributed by atoms with Gasteiger partial charge in [-0.1, -0.05) is 0 Å². The topological polar surface area (TPSA) is 49.4 Å². The Morgan fingerprint density at radius 1 is 1.44 bits per heavy atom. The molecule has 0 aliphatic carbocycles. The van der Waals surface area contributed by atoms with Gasteiger partial charge in [0.1, 0.15) is 0 Å². The molecule has 0 unspecified atom stereocenters. The number of amides is 2. The van der Waals surface area contributed by atoms with E-state index >= 15 is 0 Å². The number of likely N-dealkylation sites (N-methyl/N-ethyl adjacent to an activating group) is 1. The zero-order chi connectivity index (χ0) is 13.9. The summed E-state index contributed by atoms with van der Waals surface area (Å²) >= 11 is 8.01. The minimum atomic E-state index is -0.162. The lowest BCUT2D eigenvalue weighted by Crippen LogP contribution is -2.40. The summed E-state index contributed by atoms with van der Waals surface area (Å²) in [5.74, 6) is -0.319. The summed E-state index contributed by atoms with van der Waals surface area (Å²) in [5.41, 5.74) is 0. The first kappa shape index (κ1) is 15.7. The molecular weight excluding hydrogens is 384 g/mol. The van der Waals surface area contributed by atoms with Gasteiger partial charge in [0.05, 0.1) is 15.2 Å². The monoisotopic (exact) mass is 396 g/mol. The molecule has 1 N–H and O–H groups in total. The predicted molar refractivity (Wildman–Crippen MR) is 80.0 cm³/mol. The lowest BCUT2D eigenvalue weighted by atomic mass is 10.3. The van der Waals surface area contributed by atoms with Gasteiger partial charge in [0, 0.05) is 17.6 Å². The van der Waals surface area contributed by atoms with Crippen LogP contribution >= 0.6 is 43.2 Å². The molecule has 0 aromatic carbocycles. The summed E-state index contributed by atoms with van der Waals surface area (Å²) in [6, 6.07) is 1.82. The molecule has 0 aliphatic heterocycles. The number of carbonyl (C=O) groups is 2. The van der Waals surface area contributed by atoms with E-state index in [-0.39, 0.29) is 24.4 Å². The van der Waals surface area contributed by atoms with E-state index in [0.29, 0.717) is 4.88 Å². The highest BCUT2D eigenvalue weighted by Crippen LogP contribution is 2.32. The Labute approximate surface area is 127 Å². The number of carbonyl (C=O) groups excluding carboxylic acids is 2. The highest BCUT2D eigenvalue weighted by Gasteiger charge is 2.18. The fourth-order valence-corrected chi connectivity index (χ4v) is 3.33. The van der Waals surface area contributed by atoms with Crippen LogP contribution in [0.1, 0.15) is 23.5 Å². The Balaban J connectivity index is 2.64. The van der Waals surface area contributed by atoms with Crippen molar-refractivity contribution < 1.29 is 9.59 Å². The molecule has 4 nitrogen and oxygen atoms in total. The first-order chi connectivity index (χ1) is 8.31. The zero-order valence-electron chi connectivity index (χ0n) is 10.3. The van der Waals surface area contributed by atoms with Gasteiger partial charge in [-0.2, -0.15) is 0 Å². The number of nitrogens with one attached hydrogen (secondary N) is 1. The van der Waals surface area contributed by atoms with Crippen molar-refractivity contribution >= 4 is 55.0 Å². The Morgan fingerprint density at radius 2 is 2.06 bits per heavy atom. The van der Waals surface area contributed by atoms with Gasteiger partial charge in [-0.05, 0) is 51.8 Å². The fraction of sp³-hybridized carbons (Fsp3) is 0.455. The SMILES string of the molecule is CC(C)NC(=O)CN(C)C(=O)c1cc(Br)c(Br)s1. The number of rotatable bonds is 4. The minimum absolute atomic E-state index is 0.0597. The van der Waals surface area contributed by atoms with E-state index in [2.05, 4.69) is 37.2 Å². The molecule has 0 bridgehead atoms. The number of nitrogens with zero attached hydrogens (tertiary/aromatic N) is 1. The minimum Gasteiger partial charge on any atom is -0.352 e. The quantitative estimate of drug-likeness (QED) is 0.849.